The van der Waals surface area contributed by atoms with Crippen LogP contribution in [0, 0.1) is 0 Å². The predicted octanol–water partition coefficient (Wildman–Crippen LogP) is 3.95. The Bertz CT molecular complexity index is 622. The number of halogens is 1. The van der Waals surface area contributed by atoms with Gasteiger partial charge in [-0.1, -0.05) is 19.9 Å². The fraction of sp³-hybridized carbons (Fsp3) is 0.438. The minimum atomic E-state index is 0.455. The van der Waals surface area contributed by atoms with Crippen LogP contribution in [0.4, 0.5) is 5.69 Å². The van der Waals surface area contributed by atoms with Gasteiger partial charge in [-0.2, -0.15) is 5.10 Å². The summed E-state index contributed by atoms with van der Waals surface area (Å²) in [5.74, 6) is 0.723. The molecule has 0 aliphatic rings. The van der Waals surface area contributed by atoms with E-state index in [2.05, 4.69) is 47.9 Å². The van der Waals surface area contributed by atoms with Gasteiger partial charge < -0.3 is 10.5 Å². The second-order valence-electron chi connectivity index (χ2n) is 4.89. The van der Waals surface area contributed by atoms with Crippen molar-refractivity contribution in [3.05, 3.63) is 39.6 Å². The molecule has 2 aromatic rings. The van der Waals surface area contributed by atoms with Crippen LogP contribution in [-0.2, 0) is 26.0 Å². The van der Waals surface area contributed by atoms with Gasteiger partial charge in [0.15, 0.2) is 0 Å². The lowest BCUT2D eigenvalue weighted by molar-refractivity contribution is 0.293. The molecule has 0 aliphatic heterocycles. The summed E-state index contributed by atoms with van der Waals surface area (Å²) in [4.78, 5) is 0. The first-order valence-electron chi connectivity index (χ1n) is 7.35. The van der Waals surface area contributed by atoms with Crippen LogP contribution in [0.25, 0.3) is 0 Å². The Labute approximate surface area is 134 Å². The van der Waals surface area contributed by atoms with E-state index in [0.29, 0.717) is 12.3 Å². The molecule has 0 amide bonds. The van der Waals surface area contributed by atoms with E-state index in [-0.39, 0.29) is 0 Å². The Morgan fingerprint density at radius 3 is 2.57 bits per heavy atom. The first-order chi connectivity index (χ1) is 10.1. The van der Waals surface area contributed by atoms with Crippen LogP contribution in [0.15, 0.2) is 22.7 Å². The summed E-state index contributed by atoms with van der Waals surface area (Å²) >= 11 is 3.62. The monoisotopic (exact) mass is 351 g/mol. The maximum atomic E-state index is 6.04. The van der Waals surface area contributed by atoms with E-state index in [0.717, 1.165) is 41.0 Å². The lowest BCUT2D eigenvalue weighted by Gasteiger charge is -2.11. The van der Waals surface area contributed by atoms with E-state index in [1.165, 1.54) is 5.56 Å². The third-order valence-corrected chi connectivity index (χ3v) is 4.46. The highest BCUT2D eigenvalue weighted by atomic mass is 79.9. The minimum Gasteiger partial charge on any atom is -0.485 e. The molecular formula is C16H22BrN3O. The zero-order chi connectivity index (χ0) is 15.4. The third-order valence-electron chi connectivity index (χ3n) is 3.54. The number of hydrogen-bond acceptors (Lipinski definition) is 3. The molecule has 4 nitrogen and oxygen atoms in total. The van der Waals surface area contributed by atoms with Crippen molar-refractivity contribution in [1.29, 1.82) is 0 Å². The number of benzene rings is 1. The number of aryl methyl sites for hydroxylation is 3. The van der Waals surface area contributed by atoms with E-state index in [1.807, 2.05) is 16.8 Å². The number of hydrogen-bond donors (Lipinski definition) is 1. The van der Waals surface area contributed by atoms with Gasteiger partial charge in [0.1, 0.15) is 12.4 Å². The summed E-state index contributed by atoms with van der Waals surface area (Å²) in [5.41, 5.74) is 10.1. The molecule has 0 atom stereocenters. The van der Waals surface area contributed by atoms with Crippen molar-refractivity contribution in [2.24, 2.45) is 0 Å². The Morgan fingerprint density at radius 1 is 1.24 bits per heavy atom. The average Bonchev–Trinajstić information content (AvgIpc) is 2.81. The molecule has 5 heteroatoms. The highest BCUT2D eigenvalue weighted by molar-refractivity contribution is 9.10. The van der Waals surface area contributed by atoms with Crippen molar-refractivity contribution >= 4 is 21.6 Å². The van der Waals surface area contributed by atoms with Gasteiger partial charge in [0, 0.05) is 6.54 Å². The summed E-state index contributed by atoms with van der Waals surface area (Å²) in [5, 5.41) is 4.57. The van der Waals surface area contributed by atoms with Crippen LogP contribution < -0.4 is 10.5 Å². The Balaban J connectivity index is 2.18. The van der Waals surface area contributed by atoms with Gasteiger partial charge >= 0.3 is 0 Å². The molecule has 2 rings (SSSR count). The number of anilines is 1. The Hall–Kier alpha value is -1.49. The summed E-state index contributed by atoms with van der Waals surface area (Å²) < 4.78 is 8.90. The van der Waals surface area contributed by atoms with Crippen molar-refractivity contribution in [3.63, 3.8) is 0 Å². The highest BCUT2D eigenvalue weighted by Gasteiger charge is 2.14. The second-order valence-corrected chi connectivity index (χ2v) is 5.68. The van der Waals surface area contributed by atoms with Gasteiger partial charge in [0.05, 0.1) is 21.5 Å². The molecule has 0 unspecified atom stereocenters. The fourth-order valence-corrected chi connectivity index (χ4v) is 2.93. The van der Waals surface area contributed by atoms with Crippen molar-refractivity contribution < 1.29 is 4.74 Å². The lowest BCUT2D eigenvalue weighted by Crippen LogP contribution is -2.07. The van der Waals surface area contributed by atoms with Gasteiger partial charge in [-0.3, -0.25) is 4.68 Å². The van der Waals surface area contributed by atoms with Crippen molar-refractivity contribution in [1.82, 2.24) is 9.78 Å². The Morgan fingerprint density at radius 2 is 2.00 bits per heavy atom. The van der Waals surface area contributed by atoms with E-state index in [1.54, 1.807) is 0 Å². The normalized spacial score (nSPS) is 10.9. The van der Waals surface area contributed by atoms with Crippen LogP contribution in [0.2, 0.25) is 0 Å². The zero-order valence-electron chi connectivity index (χ0n) is 12.8. The predicted molar refractivity (Wildman–Crippen MR) is 89.5 cm³/mol. The third kappa shape index (κ3) is 3.40. The molecule has 114 valence electrons. The quantitative estimate of drug-likeness (QED) is 0.801. The van der Waals surface area contributed by atoms with Gasteiger partial charge in [-0.15, -0.1) is 0 Å². The lowest BCUT2D eigenvalue weighted by atomic mass is 10.1. The van der Waals surface area contributed by atoms with Crippen LogP contribution in [0.5, 0.6) is 5.75 Å². The SMILES string of the molecule is CCc1ccc(OCc2c(Br)c(CC)nn2CC)c(N)c1. The molecule has 1 heterocycles. The fourth-order valence-electron chi connectivity index (χ4n) is 2.25. The van der Waals surface area contributed by atoms with Crippen LogP contribution in [0.3, 0.4) is 0 Å². The molecule has 0 bridgehead atoms. The van der Waals surface area contributed by atoms with E-state index >= 15 is 0 Å². The number of rotatable bonds is 6. The smallest absolute Gasteiger partial charge is 0.142 e. The summed E-state index contributed by atoms with van der Waals surface area (Å²) in [6.07, 6.45) is 1.87. The van der Waals surface area contributed by atoms with E-state index in [9.17, 15) is 0 Å². The van der Waals surface area contributed by atoms with Gasteiger partial charge in [0.2, 0.25) is 0 Å². The average molecular weight is 352 g/mol. The number of ether oxygens (including phenoxy) is 1. The maximum Gasteiger partial charge on any atom is 0.142 e. The van der Waals surface area contributed by atoms with E-state index < -0.39 is 0 Å². The van der Waals surface area contributed by atoms with Crippen molar-refractivity contribution in [3.8, 4) is 5.75 Å². The van der Waals surface area contributed by atoms with Gasteiger partial charge in [0.25, 0.3) is 0 Å². The number of aromatic nitrogens is 2. The number of nitrogens with zero attached hydrogens (tertiary/aromatic N) is 2. The van der Waals surface area contributed by atoms with Crippen LogP contribution >= 0.6 is 15.9 Å². The topological polar surface area (TPSA) is 53.1 Å². The molecule has 0 saturated carbocycles. The summed E-state index contributed by atoms with van der Waals surface area (Å²) in [7, 11) is 0. The Kier molecular flexibility index (Phi) is 5.28. The number of nitrogens with two attached hydrogens (primary N) is 1. The van der Waals surface area contributed by atoms with Crippen molar-refractivity contribution in [2.75, 3.05) is 5.73 Å². The molecule has 0 aliphatic carbocycles. The highest BCUT2D eigenvalue weighted by Crippen LogP contribution is 2.27. The molecule has 2 N–H and O–H groups in total. The molecule has 0 spiro atoms. The molecule has 0 radical (unpaired) electrons. The van der Waals surface area contributed by atoms with Crippen molar-refractivity contribution in [2.45, 2.75) is 46.8 Å². The van der Waals surface area contributed by atoms with E-state index in [4.69, 9.17) is 10.5 Å². The molecule has 21 heavy (non-hydrogen) atoms. The largest absolute Gasteiger partial charge is 0.485 e. The van der Waals surface area contributed by atoms with Crippen LogP contribution in [-0.4, -0.2) is 9.78 Å². The van der Waals surface area contributed by atoms with Gasteiger partial charge in [-0.25, -0.2) is 0 Å². The zero-order valence-corrected chi connectivity index (χ0v) is 14.4. The second kappa shape index (κ2) is 6.98. The standard InChI is InChI=1S/C16H22BrN3O/c1-4-11-7-8-15(12(18)9-11)21-10-14-16(17)13(5-2)19-20(14)6-3/h7-9H,4-6,10,18H2,1-3H3. The van der Waals surface area contributed by atoms with Crippen LogP contribution in [0.1, 0.15) is 37.7 Å². The summed E-state index contributed by atoms with van der Waals surface area (Å²) in [6.45, 7) is 7.56. The number of nitrogen functional groups attached to an aromatic ring is 1. The summed E-state index contributed by atoms with van der Waals surface area (Å²) in [6, 6.07) is 5.96. The van der Waals surface area contributed by atoms with Gasteiger partial charge in [-0.05, 0) is 53.4 Å². The first kappa shape index (κ1) is 15.9. The molecule has 0 saturated heterocycles. The minimum absolute atomic E-state index is 0.455. The molecule has 1 aromatic carbocycles. The molecular weight excluding hydrogens is 330 g/mol. The molecule has 1 aromatic heterocycles. The molecule has 0 fully saturated rings. The first-order valence-corrected chi connectivity index (χ1v) is 8.15. The maximum absolute atomic E-state index is 6.04.